The lowest BCUT2D eigenvalue weighted by Crippen LogP contribution is -2.02. The van der Waals surface area contributed by atoms with Gasteiger partial charge in [0.1, 0.15) is 11.6 Å². The van der Waals surface area contributed by atoms with E-state index in [4.69, 9.17) is 23.2 Å². The largest absolute Gasteiger partial charge is 0.294 e. The van der Waals surface area contributed by atoms with Crippen LogP contribution in [0.5, 0.6) is 0 Å². The van der Waals surface area contributed by atoms with Crippen LogP contribution in [0.4, 0.5) is 4.39 Å². The van der Waals surface area contributed by atoms with Crippen LogP contribution in [-0.2, 0) is 0 Å². The molecule has 1 atom stereocenters. The molecule has 0 aliphatic heterocycles. The maximum absolute atomic E-state index is 13.4. The van der Waals surface area contributed by atoms with Crippen molar-refractivity contribution in [1.29, 1.82) is 0 Å². The van der Waals surface area contributed by atoms with Crippen LogP contribution in [-0.4, -0.2) is 9.55 Å². The predicted molar refractivity (Wildman–Crippen MR) is 88.0 cm³/mol. The zero-order chi connectivity index (χ0) is 15.1. The third-order valence-electron chi connectivity index (χ3n) is 3.17. The number of hydrogen-bond donors (Lipinski definition) is 0. The number of hydrogen-bond acceptors (Lipinski definition) is 1. The lowest BCUT2D eigenvalue weighted by Gasteiger charge is -2.13. The summed E-state index contributed by atoms with van der Waals surface area (Å²) in [6, 6.07) is 10.0. The van der Waals surface area contributed by atoms with Crippen LogP contribution in [0.15, 0.2) is 40.9 Å². The van der Waals surface area contributed by atoms with Gasteiger partial charge in [0.15, 0.2) is 0 Å². The Morgan fingerprint density at radius 1 is 1.29 bits per heavy atom. The smallest absolute Gasteiger partial charge is 0.132 e. The van der Waals surface area contributed by atoms with E-state index in [2.05, 4.69) is 20.9 Å². The van der Waals surface area contributed by atoms with Crippen LogP contribution in [0.2, 0.25) is 5.02 Å². The average molecular weight is 388 g/mol. The van der Waals surface area contributed by atoms with Crippen LogP contribution in [0.3, 0.4) is 0 Å². The molecule has 108 valence electrons. The van der Waals surface area contributed by atoms with Gasteiger partial charge in [-0.2, -0.15) is 0 Å². The molecule has 2 aromatic carbocycles. The summed E-state index contributed by atoms with van der Waals surface area (Å²) < 4.78 is 16.0. The van der Waals surface area contributed by atoms with E-state index in [1.165, 1.54) is 12.1 Å². The molecule has 6 heteroatoms. The maximum atomic E-state index is 13.4. The maximum Gasteiger partial charge on any atom is 0.132 e. The van der Waals surface area contributed by atoms with Gasteiger partial charge in [0.25, 0.3) is 0 Å². The van der Waals surface area contributed by atoms with Crippen molar-refractivity contribution in [3.05, 3.63) is 57.5 Å². The van der Waals surface area contributed by atoms with Gasteiger partial charge in [0, 0.05) is 6.07 Å². The molecule has 0 fully saturated rings. The average Bonchev–Trinajstić information content (AvgIpc) is 2.80. The van der Waals surface area contributed by atoms with Crippen molar-refractivity contribution < 1.29 is 4.39 Å². The van der Waals surface area contributed by atoms with Crippen molar-refractivity contribution in [2.75, 3.05) is 0 Å². The standard InChI is InChI=1S/C15H10BrCl2FN2/c1-8(17)15-20-11-7-9(19)5-6-12(11)21(15)13-4-2-3-10(18)14(13)16/h2-8H,1H3. The van der Waals surface area contributed by atoms with Crippen molar-refractivity contribution in [3.63, 3.8) is 0 Å². The van der Waals surface area contributed by atoms with Gasteiger partial charge in [-0.05, 0) is 47.1 Å². The quantitative estimate of drug-likeness (QED) is 0.502. The molecule has 1 heterocycles. The lowest BCUT2D eigenvalue weighted by atomic mass is 10.2. The van der Waals surface area contributed by atoms with Crippen LogP contribution in [0, 0.1) is 5.82 Å². The van der Waals surface area contributed by atoms with E-state index in [0.717, 1.165) is 15.7 Å². The molecule has 0 radical (unpaired) electrons. The Bertz CT molecular complexity index is 830. The van der Waals surface area contributed by atoms with Gasteiger partial charge in [-0.25, -0.2) is 9.37 Å². The second-order valence-corrected chi connectivity index (χ2v) is 6.48. The minimum absolute atomic E-state index is 0.327. The first-order valence-corrected chi connectivity index (χ1v) is 7.86. The minimum atomic E-state index is -0.328. The third-order valence-corrected chi connectivity index (χ3v) is 4.74. The summed E-state index contributed by atoms with van der Waals surface area (Å²) in [7, 11) is 0. The third kappa shape index (κ3) is 2.56. The number of aromatic nitrogens is 2. The van der Waals surface area contributed by atoms with E-state index in [0.29, 0.717) is 16.4 Å². The highest BCUT2D eigenvalue weighted by atomic mass is 79.9. The van der Waals surface area contributed by atoms with Crippen LogP contribution in [0.1, 0.15) is 18.1 Å². The number of fused-ring (bicyclic) bond motifs is 1. The first-order valence-electron chi connectivity index (χ1n) is 6.25. The molecular formula is C15H10BrCl2FN2. The molecule has 0 aliphatic rings. The molecule has 0 bridgehead atoms. The molecule has 2 nitrogen and oxygen atoms in total. The number of halogens is 4. The van der Waals surface area contributed by atoms with Gasteiger partial charge in [0.05, 0.1) is 31.6 Å². The highest BCUT2D eigenvalue weighted by Gasteiger charge is 2.19. The van der Waals surface area contributed by atoms with Gasteiger partial charge >= 0.3 is 0 Å². The van der Waals surface area contributed by atoms with Crippen molar-refractivity contribution in [3.8, 4) is 5.69 Å². The van der Waals surface area contributed by atoms with Crippen LogP contribution >= 0.6 is 39.1 Å². The highest BCUT2D eigenvalue weighted by molar-refractivity contribution is 9.10. The van der Waals surface area contributed by atoms with Gasteiger partial charge in [-0.15, -0.1) is 11.6 Å². The fourth-order valence-electron chi connectivity index (χ4n) is 2.26. The molecule has 1 unspecified atom stereocenters. The lowest BCUT2D eigenvalue weighted by molar-refractivity contribution is 0.629. The molecule has 0 amide bonds. The van der Waals surface area contributed by atoms with E-state index >= 15 is 0 Å². The van der Waals surface area contributed by atoms with Crippen molar-refractivity contribution >= 4 is 50.2 Å². The summed E-state index contributed by atoms with van der Waals surface area (Å²) in [5, 5.41) is 0.260. The van der Waals surface area contributed by atoms with Crippen molar-refractivity contribution in [1.82, 2.24) is 9.55 Å². The van der Waals surface area contributed by atoms with E-state index in [-0.39, 0.29) is 11.2 Å². The molecular weight excluding hydrogens is 378 g/mol. The van der Waals surface area contributed by atoms with E-state index in [1.807, 2.05) is 23.6 Å². The van der Waals surface area contributed by atoms with Crippen LogP contribution in [0.25, 0.3) is 16.7 Å². The second-order valence-electron chi connectivity index (χ2n) is 4.63. The fourth-order valence-corrected chi connectivity index (χ4v) is 3.01. The number of alkyl halides is 1. The van der Waals surface area contributed by atoms with E-state index in [1.54, 1.807) is 12.1 Å². The van der Waals surface area contributed by atoms with Crippen molar-refractivity contribution in [2.24, 2.45) is 0 Å². The summed E-state index contributed by atoms with van der Waals surface area (Å²) in [5.74, 6) is 0.311. The monoisotopic (exact) mass is 386 g/mol. The SMILES string of the molecule is CC(Cl)c1nc2cc(F)ccc2n1-c1cccc(Cl)c1Br. The molecule has 1 aromatic heterocycles. The summed E-state index contributed by atoms with van der Waals surface area (Å²) in [6.07, 6.45) is 0. The zero-order valence-electron chi connectivity index (χ0n) is 10.9. The molecule has 0 saturated carbocycles. The normalized spacial score (nSPS) is 12.8. The molecule has 0 saturated heterocycles. The predicted octanol–water partition coefficient (Wildman–Crippen LogP) is 5.88. The Kier molecular flexibility index (Phi) is 3.95. The molecule has 3 rings (SSSR count). The van der Waals surface area contributed by atoms with E-state index in [9.17, 15) is 4.39 Å². The number of benzene rings is 2. The van der Waals surface area contributed by atoms with Gasteiger partial charge in [-0.3, -0.25) is 4.57 Å². The molecule has 0 spiro atoms. The Balaban J connectivity index is 2.39. The summed E-state index contributed by atoms with van der Waals surface area (Å²) >= 11 is 15.9. The van der Waals surface area contributed by atoms with Gasteiger partial charge in [-0.1, -0.05) is 17.7 Å². The summed E-state index contributed by atoms with van der Waals surface area (Å²) in [5.41, 5.74) is 2.16. The van der Waals surface area contributed by atoms with Gasteiger partial charge in [0.2, 0.25) is 0 Å². The topological polar surface area (TPSA) is 17.8 Å². The number of nitrogens with zero attached hydrogens (tertiary/aromatic N) is 2. The van der Waals surface area contributed by atoms with Crippen LogP contribution < -0.4 is 0 Å². The number of rotatable bonds is 2. The second kappa shape index (κ2) is 5.59. The molecule has 21 heavy (non-hydrogen) atoms. The fraction of sp³-hybridized carbons (Fsp3) is 0.133. The van der Waals surface area contributed by atoms with Gasteiger partial charge < -0.3 is 0 Å². The first-order chi connectivity index (χ1) is 9.99. The Morgan fingerprint density at radius 2 is 2.05 bits per heavy atom. The molecule has 0 N–H and O–H groups in total. The van der Waals surface area contributed by atoms with E-state index < -0.39 is 0 Å². The minimum Gasteiger partial charge on any atom is -0.294 e. The summed E-state index contributed by atoms with van der Waals surface area (Å²) in [6.45, 7) is 1.83. The summed E-state index contributed by atoms with van der Waals surface area (Å²) in [4.78, 5) is 4.45. The molecule has 3 aromatic rings. The highest BCUT2D eigenvalue weighted by Crippen LogP contribution is 2.34. The first kappa shape index (κ1) is 14.8. The Labute approximate surface area is 139 Å². The zero-order valence-corrected chi connectivity index (χ0v) is 14.0. The Hall–Kier alpha value is -1.10. The molecule has 0 aliphatic carbocycles. The number of imidazole rings is 1. The van der Waals surface area contributed by atoms with Crippen molar-refractivity contribution in [2.45, 2.75) is 12.3 Å². The Morgan fingerprint density at radius 3 is 2.76 bits per heavy atom.